The summed E-state index contributed by atoms with van der Waals surface area (Å²) in [7, 11) is -3.19. The maximum absolute atomic E-state index is 12.0. The normalized spacial score (nSPS) is 18.7. The summed E-state index contributed by atoms with van der Waals surface area (Å²) in [5.41, 5.74) is -0.530. The van der Waals surface area contributed by atoms with Crippen LogP contribution in [0.4, 0.5) is 4.79 Å². The van der Waals surface area contributed by atoms with Crippen LogP contribution in [0.25, 0.3) is 0 Å². The summed E-state index contributed by atoms with van der Waals surface area (Å²) >= 11 is 0. The van der Waals surface area contributed by atoms with Crippen LogP contribution in [-0.4, -0.2) is 61.2 Å². The van der Waals surface area contributed by atoms with E-state index in [9.17, 15) is 13.2 Å². The molecule has 6 nitrogen and oxygen atoms in total. The fourth-order valence-corrected chi connectivity index (χ4v) is 3.61. The Bertz CT molecular complexity index is 428. The van der Waals surface area contributed by atoms with Gasteiger partial charge in [0.2, 0.25) is 10.0 Å². The molecule has 1 rings (SSSR count). The van der Waals surface area contributed by atoms with Crippen molar-refractivity contribution in [1.82, 2.24) is 9.21 Å². The minimum Gasteiger partial charge on any atom is -0.444 e. The van der Waals surface area contributed by atoms with Crippen molar-refractivity contribution in [3.8, 4) is 0 Å². The lowest BCUT2D eigenvalue weighted by Gasteiger charge is -2.26. The van der Waals surface area contributed by atoms with Gasteiger partial charge in [-0.3, -0.25) is 0 Å². The Morgan fingerprint density at radius 3 is 2.35 bits per heavy atom. The highest BCUT2D eigenvalue weighted by molar-refractivity contribution is 7.89. The maximum atomic E-state index is 12.0. The van der Waals surface area contributed by atoms with Crippen molar-refractivity contribution < 1.29 is 17.9 Å². The fourth-order valence-electron chi connectivity index (χ4n) is 2.07. The van der Waals surface area contributed by atoms with Gasteiger partial charge in [0, 0.05) is 26.2 Å². The smallest absolute Gasteiger partial charge is 0.410 e. The van der Waals surface area contributed by atoms with Crippen molar-refractivity contribution in [1.29, 1.82) is 0 Å². The second kappa shape index (κ2) is 6.76. The first-order chi connectivity index (χ1) is 9.15. The van der Waals surface area contributed by atoms with Gasteiger partial charge in [0.1, 0.15) is 5.60 Å². The largest absolute Gasteiger partial charge is 0.444 e. The van der Waals surface area contributed by atoms with Crippen molar-refractivity contribution in [2.75, 3.05) is 31.9 Å². The Hall–Kier alpha value is -0.820. The van der Waals surface area contributed by atoms with Gasteiger partial charge < -0.3 is 9.64 Å². The lowest BCUT2D eigenvalue weighted by molar-refractivity contribution is 0.0260. The third-order valence-corrected chi connectivity index (χ3v) is 5.04. The van der Waals surface area contributed by atoms with Crippen molar-refractivity contribution in [3.05, 3.63) is 0 Å². The lowest BCUT2D eigenvalue weighted by atomic mass is 10.2. The quantitative estimate of drug-likeness (QED) is 0.795. The van der Waals surface area contributed by atoms with Crippen LogP contribution in [0.3, 0.4) is 0 Å². The number of rotatable bonds is 3. The number of amides is 1. The zero-order valence-corrected chi connectivity index (χ0v) is 13.7. The Morgan fingerprint density at radius 2 is 1.80 bits per heavy atom. The molecular formula is C13H26N2O4S. The van der Waals surface area contributed by atoms with Crippen LogP contribution in [0.2, 0.25) is 0 Å². The standard InChI is InChI=1S/C13H26N2O4S/c1-5-11-20(17,18)15-8-6-7-14(9-10-15)12(16)19-13(2,3)4/h5-11H2,1-4H3. The van der Waals surface area contributed by atoms with E-state index in [2.05, 4.69) is 0 Å². The molecule has 0 atom stereocenters. The van der Waals surface area contributed by atoms with Crippen LogP contribution in [0.1, 0.15) is 40.5 Å². The van der Waals surface area contributed by atoms with Gasteiger partial charge in [0.25, 0.3) is 0 Å². The molecule has 1 aliphatic heterocycles. The molecule has 1 aliphatic rings. The monoisotopic (exact) mass is 306 g/mol. The second-order valence-electron chi connectivity index (χ2n) is 6.04. The first-order valence-corrected chi connectivity index (χ1v) is 8.72. The van der Waals surface area contributed by atoms with Gasteiger partial charge in [-0.25, -0.2) is 17.5 Å². The van der Waals surface area contributed by atoms with Crippen LogP contribution in [0.5, 0.6) is 0 Å². The highest BCUT2D eigenvalue weighted by Crippen LogP contribution is 2.14. The molecule has 1 fully saturated rings. The number of carbonyl (C=O) groups is 1. The second-order valence-corrected chi connectivity index (χ2v) is 8.12. The molecule has 7 heteroatoms. The predicted octanol–water partition coefficient (Wildman–Crippen LogP) is 1.67. The maximum Gasteiger partial charge on any atom is 0.410 e. The van der Waals surface area contributed by atoms with Crippen molar-refractivity contribution in [2.45, 2.75) is 46.1 Å². The van der Waals surface area contributed by atoms with E-state index in [4.69, 9.17) is 4.74 Å². The van der Waals surface area contributed by atoms with Gasteiger partial charge in [-0.1, -0.05) is 6.92 Å². The van der Waals surface area contributed by atoms with E-state index in [1.54, 1.807) is 4.90 Å². The summed E-state index contributed by atoms with van der Waals surface area (Å²) in [4.78, 5) is 13.6. The average Bonchev–Trinajstić information content (AvgIpc) is 2.52. The summed E-state index contributed by atoms with van der Waals surface area (Å²) in [5.74, 6) is 0.166. The molecule has 0 saturated carbocycles. The minimum absolute atomic E-state index is 0.166. The molecule has 0 radical (unpaired) electrons. The Labute approximate surface area is 122 Å². The lowest BCUT2D eigenvalue weighted by Crippen LogP contribution is -2.40. The van der Waals surface area contributed by atoms with Crippen LogP contribution < -0.4 is 0 Å². The first-order valence-electron chi connectivity index (χ1n) is 7.11. The Kier molecular flexibility index (Phi) is 5.82. The highest BCUT2D eigenvalue weighted by atomic mass is 32.2. The molecule has 0 spiro atoms. The van der Waals surface area contributed by atoms with Crippen molar-refractivity contribution in [2.24, 2.45) is 0 Å². The van der Waals surface area contributed by atoms with Gasteiger partial charge in [-0.15, -0.1) is 0 Å². The van der Waals surface area contributed by atoms with Crippen molar-refractivity contribution in [3.63, 3.8) is 0 Å². The molecule has 0 bridgehead atoms. The summed E-state index contributed by atoms with van der Waals surface area (Å²) in [6, 6.07) is 0. The van der Waals surface area contributed by atoms with Gasteiger partial charge in [0.05, 0.1) is 5.75 Å². The molecule has 118 valence electrons. The van der Waals surface area contributed by atoms with E-state index in [-0.39, 0.29) is 11.8 Å². The molecule has 0 unspecified atom stereocenters. The van der Waals surface area contributed by atoms with Crippen molar-refractivity contribution >= 4 is 16.1 Å². The third kappa shape index (κ3) is 5.28. The molecule has 0 aliphatic carbocycles. The molecular weight excluding hydrogens is 280 g/mol. The number of carbonyl (C=O) groups excluding carboxylic acids is 1. The average molecular weight is 306 g/mol. The minimum atomic E-state index is -3.19. The van der Waals surface area contributed by atoms with Gasteiger partial charge in [-0.05, 0) is 33.6 Å². The Morgan fingerprint density at radius 1 is 1.15 bits per heavy atom. The number of hydrogen-bond donors (Lipinski definition) is 0. The predicted molar refractivity (Wildman–Crippen MR) is 78.1 cm³/mol. The third-order valence-electron chi connectivity index (χ3n) is 2.96. The van der Waals surface area contributed by atoms with E-state index < -0.39 is 15.6 Å². The first kappa shape index (κ1) is 17.2. The summed E-state index contributed by atoms with van der Waals surface area (Å²) in [5, 5.41) is 0. The van der Waals surface area contributed by atoms with E-state index in [1.807, 2.05) is 27.7 Å². The summed E-state index contributed by atoms with van der Waals surface area (Å²) in [6.07, 6.45) is 0.879. The Balaban J connectivity index is 2.62. The van der Waals surface area contributed by atoms with E-state index in [0.717, 1.165) is 0 Å². The van der Waals surface area contributed by atoms with Crippen LogP contribution in [-0.2, 0) is 14.8 Å². The van der Waals surface area contributed by atoms with Gasteiger partial charge in [0.15, 0.2) is 0 Å². The topological polar surface area (TPSA) is 66.9 Å². The molecule has 1 heterocycles. The SMILES string of the molecule is CCCS(=O)(=O)N1CCCN(C(=O)OC(C)(C)C)CC1. The molecule has 1 amide bonds. The number of ether oxygens (including phenoxy) is 1. The molecule has 1 saturated heterocycles. The summed E-state index contributed by atoms with van der Waals surface area (Å²) < 4.78 is 30.9. The number of nitrogens with zero attached hydrogens (tertiary/aromatic N) is 2. The van der Waals surface area contributed by atoms with Crippen LogP contribution in [0, 0.1) is 0 Å². The highest BCUT2D eigenvalue weighted by Gasteiger charge is 2.28. The molecule has 20 heavy (non-hydrogen) atoms. The van der Waals surface area contributed by atoms with Crippen LogP contribution in [0.15, 0.2) is 0 Å². The molecule has 0 aromatic carbocycles. The van der Waals surface area contributed by atoms with Gasteiger partial charge in [-0.2, -0.15) is 0 Å². The number of sulfonamides is 1. The summed E-state index contributed by atoms with van der Waals surface area (Å²) in [6.45, 7) is 9.05. The zero-order chi connectivity index (χ0) is 15.4. The molecule has 0 aromatic heterocycles. The van der Waals surface area contributed by atoms with E-state index in [1.165, 1.54) is 4.31 Å². The molecule has 0 N–H and O–H groups in total. The zero-order valence-electron chi connectivity index (χ0n) is 12.9. The molecule has 0 aromatic rings. The van der Waals surface area contributed by atoms with E-state index >= 15 is 0 Å². The van der Waals surface area contributed by atoms with Crippen LogP contribution >= 0.6 is 0 Å². The number of hydrogen-bond acceptors (Lipinski definition) is 4. The fraction of sp³-hybridized carbons (Fsp3) is 0.923. The van der Waals surface area contributed by atoms with E-state index in [0.29, 0.717) is 39.0 Å². The van der Waals surface area contributed by atoms with Gasteiger partial charge >= 0.3 is 6.09 Å².